The van der Waals surface area contributed by atoms with Crippen LogP contribution in [0.3, 0.4) is 0 Å². The number of ether oxygens (including phenoxy) is 2. The van der Waals surface area contributed by atoms with Crippen molar-refractivity contribution < 1.29 is 14.6 Å². The molecule has 5 heteroatoms. The van der Waals surface area contributed by atoms with Crippen LogP contribution in [0.2, 0.25) is 0 Å². The summed E-state index contributed by atoms with van der Waals surface area (Å²) in [6.07, 6.45) is 1.81. The average Bonchev–Trinajstić information content (AvgIpc) is 2.93. The Kier molecular flexibility index (Phi) is 2.26. The van der Waals surface area contributed by atoms with Crippen LogP contribution in [0.5, 0.6) is 11.5 Å². The number of aryl methyl sites for hydroxylation is 1. The Labute approximate surface area is 98.2 Å². The fourth-order valence-electron chi connectivity index (χ4n) is 1.81. The third-order valence-electron chi connectivity index (χ3n) is 2.79. The van der Waals surface area contributed by atoms with Crippen molar-refractivity contribution in [3.05, 3.63) is 35.7 Å². The molecule has 2 aromatic rings. The third kappa shape index (κ3) is 1.64. The Hall–Kier alpha value is -2.01. The van der Waals surface area contributed by atoms with Crippen molar-refractivity contribution in [2.45, 2.75) is 13.5 Å². The van der Waals surface area contributed by atoms with Crippen LogP contribution in [0, 0.1) is 6.92 Å². The van der Waals surface area contributed by atoms with Crippen molar-refractivity contribution in [3.8, 4) is 17.2 Å². The number of aliphatic hydroxyl groups excluding tert-OH is 1. The van der Waals surface area contributed by atoms with E-state index in [1.807, 2.05) is 31.3 Å². The van der Waals surface area contributed by atoms with Gasteiger partial charge in [0, 0.05) is 17.8 Å². The van der Waals surface area contributed by atoms with Crippen LogP contribution in [0.15, 0.2) is 24.4 Å². The first-order valence-electron chi connectivity index (χ1n) is 5.34. The predicted octanol–water partition coefficient (Wildman–Crippen LogP) is 1.40. The van der Waals surface area contributed by atoms with Crippen LogP contribution in [-0.4, -0.2) is 21.7 Å². The Balaban J connectivity index is 2.03. The second-order valence-electron chi connectivity index (χ2n) is 3.88. The van der Waals surface area contributed by atoms with Crippen LogP contribution in [0.25, 0.3) is 5.69 Å². The predicted molar refractivity (Wildman–Crippen MR) is 60.3 cm³/mol. The number of nitrogens with zero attached hydrogens (tertiary/aromatic N) is 2. The number of hydrogen-bond donors (Lipinski definition) is 1. The summed E-state index contributed by atoms with van der Waals surface area (Å²) >= 11 is 0. The average molecular weight is 232 g/mol. The summed E-state index contributed by atoms with van der Waals surface area (Å²) in [5, 5.41) is 13.5. The Bertz CT molecular complexity index is 563. The molecule has 1 N–H and O–H groups in total. The number of aromatic nitrogens is 2. The normalized spacial score (nSPS) is 13.1. The summed E-state index contributed by atoms with van der Waals surface area (Å²) in [6.45, 7) is 2.13. The molecule has 1 aromatic heterocycles. The summed E-state index contributed by atoms with van der Waals surface area (Å²) in [4.78, 5) is 0. The molecule has 2 heterocycles. The summed E-state index contributed by atoms with van der Waals surface area (Å²) < 4.78 is 12.3. The van der Waals surface area contributed by atoms with E-state index in [-0.39, 0.29) is 13.4 Å². The lowest BCUT2D eigenvalue weighted by atomic mass is 10.2. The van der Waals surface area contributed by atoms with Gasteiger partial charge in [0.2, 0.25) is 6.79 Å². The van der Waals surface area contributed by atoms with Gasteiger partial charge in [-0.1, -0.05) is 0 Å². The van der Waals surface area contributed by atoms with Gasteiger partial charge in [0.15, 0.2) is 11.5 Å². The van der Waals surface area contributed by atoms with E-state index in [1.165, 1.54) is 0 Å². The van der Waals surface area contributed by atoms with Gasteiger partial charge in [-0.3, -0.25) is 0 Å². The second kappa shape index (κ2) is 3.78. The summed E-state index contributed by atoms with van der Waals surface area (Å²) in [6, 6.07) is 5.63. The molecule has 0 aliphatic carbocycles. The van der Waals surface area contributed by atoms with Gasteiger partial charge in [0.1, 0.15) is 0 Å². The molecule has 0 spiro atoms. The zero-order valence-electron chi connectivity index (χ0n) is 9.38. The van der Waals surface area contributed by atoms with Crippen molar-refractivity contribution in [2.24, 2.45) is 0 Å². The smallest absolute Gasteiger partial charge is 0.231 e. The molecule has 0 radical (unpaired) electrons. The molecule has 88 valence electrons. The minimum absolute atomic E-state index is 0.00359. The van der Waals surface area contributed by atoms with Crippen molar-refractivity contribution in [1.29, 1.82) is 0 Å². The van der Waals surface area contributed by atoms with Gasteiger partial charge >= 0.3 is 0 Å². The SMILES string of the molecule is Cc1nn(-c2ccc3c(c2)OCO3)cc1CO. The summed E-state index contributed by atoms with van der Waals surface area (Å²) in [5.74, 6) is 1.47. The lowest BCUT2D eigenvalue weighted by molar-refractivity contribution is 0.174. The maximum atomic E-state index is 9.14. The molecule has 1 aliphatic heterocycles. The van der Waals surface area contributed by atoms with Crippen LogP contribution >= 0.6 is 0 Å². The molecule has 0 bridgehead atoms. The van der Waals surface area contributed by atoms with Crippen molar-refractivity contribution in [2.75, 3.05) is 6.79 Å². The molecule has 0 unspecified atom stereocenters. The second-order valence-corrected chi connectivity index (χ2v) is 3.88. The van der Waals surface area contributed by atoms with E-state index >= 15 is 0 Å². The number of hydrogen-bond acceptors (Lipinski definition) is 4. The van der Waals surface area contributed by atoms with Gasteiger partial charge in [-0.05, 0) is 19.1 Å². The van der Waals surface area contributed by atoms with E-state index in [0.717, 1.165) is 28.4 Å². The first-order chi connectivity index (χ1) is 8.28. The van der Waals surface area contributed by atoms with Crippen molar-refractivity contribution in [3.63, 3.8) is 0 Å². The Morgan fingerprint density at radius 1 is 1.35 bits per heavy atom. The van der Waals surface area contributed by atoms with Gasteiger partial charge < -0.3 is 14.6 Å². The van der Waals surface area contributed by atoms with Gasteiger partial charge in [-0.15, -0.1) is 0 Å². The van der Waals surface area contributed by atoms with E-state index < -0.39 is 0 Å². The minimum atomic E-state index is -0.00359. The molecule has 0 amide bonds. The fourth-order valence-corrected chi connectivity index (χ4v) is 1.81. The van der Waals surface area contributed by atoms with E-state index in [4.69, 9.17) is 14.6 Å². The first-order valence-corrected chi connectivity index (χ1v) is 5.34. The van der Waals surface area contributed by atoms with Gasteiger partial charge in [-0.2, -0.15) is 5.10 Å². The standard InChI is InChI=1S/C12H12N2O3/c1-8-9(6-15)5-14(13-8)10-2-3-11-12(4-10)17-7-16-11/h2-5,15H,6-7H2,1H3. The van der Waals surface area contributed by atoms with E-state index in [0.29, 0.717) is 0 Å². The third-order valence-corrected chi connectivity index (χ3v) is 2.79. The Morgan fingerprint density at radius 3 is 2.94 bits per heavy atom. The minimum Gasteiger partial charge on any atom is -0.454 e. The number of rotatable bonds is 2. The number of fused-ring (bicyclic) bond motifs is 1. The van der Waals surface area contributed by atoms with E-state index in [2.05, 4.69) is 5.10 Å². The highest BCUT2D eigenvalue weighted by Crippen LogP contribution is 2.33. The largest absolute Gasteiger partial charge is 0.454 e. The van der Waals surface area contributed by atoms with Gasteiger partial charge in [0.25, 0.3) is 0 Å². The molecule has 1 aromatic carbocycles. The molecule has 1 aliphatic rings. The molecular formula is C12H12N2O3. The zero-order valence-corrected chi connectivity index (χ0v) is 9.38. The zero-order chi connectivity index (χ0) is 11.8. The summed E-state index contributed by atoms with van der Waals surface area (Å²) in [5.41, 5.74) is 2.53. The highest BCUT2D eigenvalue weighted by Gasteiger charge is 2.14. The molecule has 0 fully saturated rings. The topological polar surface area (TPSA) is 56.5 Å². The molecule has 3 rings (SSSR count). The molecular weight excluding hydrogens is 220 g/mol. The van der Waals surface area contributed by atoms with Gasteiger partial charge in [0.05, 0.1) is 18.0 Å². The first kappa shape index (κ1) is 10.2. The monoisotopic (exact) mass is 232 g/mol. The highest BCUT2D eigenvalue weighted by atomic mass is 16.7. The molecule has 5 nitrogen and oxygen atoms in total. The number of benzene rings is 1. The maximum absolute atomic E-state index is 9.14. The maximum Gasteiger partial charge on any atom is 0.231 e. The van der Waals surface area contributed by atoms with Gasteiger partial charge in [-0.25, -0.2) is 4.68 Å². The quantitative estimate of drug-likeness (QED) is 0.850. The number of aliphatic hydroxyl groups is 1. The summed E-state index contributed by atoms with van der Waals surface area (Å²) in [7, 11) is 0. The van der Waals surface area contributed by atoms with Crippen LogP contribution < -0.4 is 9.47 Å². The Morgan fingerprint density at radius 2 is 2.18 bits per heavy atom. The fraction of sp³-hybridized carbons (Fsp3) is 0.250. The van der Waals surface area contributed by atoms with Crippen LogP contribution in [0.1, 0.15) is 11.3 Å². The van der Waals surface area contributed by atoms with Crippen molar-refractivity contribution >= 4 is 0 Å². The lowest BCUT2D eigenvalue weighted by Gasteiger charge is -2.02. The molecule has 0 saturated carbocycles. The highest BCUT2D eigenvalue weighted by molar-refractivity contribution is 5.49. The molecule has 17 heavy (non-hydrogen) atoms. The molecule has 0 atom stereocenters. The lowest BCUT2D eigenvalue weighted by Crippen LogP contribution is -1.95. The van der Waals surface area contributed by atoms with Crippen LogP contribution in [0.4, 0.5) is 0 Å². The van der Waals surface area contributed by atoms with E-state index in [1.54, 1.807) is 4.68 Å². The van der Waals surface area contributed by atoms with Crippen LogP contribution in [-0.2, 0) is 6.61 Å². The van der Waals surface area contributed by atoms with Crippen molar-refractivity contribution in [1.82, 2.24) is 9.78 Å². The van der Waals surface area contributed by atoms with E-state index in [9.17, 15) is 0 Å². The molecule has 0 saturated heterocycles.